The van der Waals surface area contributed by atoms with Crippen molar-refractivity contribution in [2.75, 3.05) is 0 Å². The number of carbonyl (C=O) groups excluding carboxylic acids is 2. The minimum atomic E-state index is 0.250. The van der Waals surface area contributed by atoms with E-state index in [2.05, 4.69) is 17.6 Å². The number of primary amides is 1. The van der Waals surface area contributed by atoms with Crippen LogP contribution < -0.4 is 11.1 Å². The molecule has 0 atom stereocenters. The van der Waals surface area contributed by atoms with Crippen LogP contribution in [0, 0.1) is 0 Å². The summed E-state index contributed by atoms with van der Waals surface area (Å²) in [7, 11) is 0. The summed E-state index contributed by atoms with van der Waals surface area (Å²) in [6, 6.07) is 0. The van der Waals surface area contributed by atoms with E-state index in [1.807, 2.05) is 0 Å². The van der Waals surface area contributed by atoms with Crippen LogP contribution >= 0.6 is 0 Å². The maximum absolute atomic E-state index is 9.22. The maximum Gasteiger partial charge on any atom is 0.211 e. The lowest BCUT2D eigenvalue weighted by atomic mass is 11.0. The molecule has 3 N–H and O–H groups in total. The van der Waals surface area contributed by atoms with Gasteiger partial charge in [-0.1, -0.05) is 6.58 Å². The predicted octanol–water partition coefficient (Wildman–Crippen LogP) is -1.02. The second kappa shape index (κ2) is 17.3. The number of hydrogen-bond acceptors (Lipinski definition) is 2. The SMILES string of the molecule is C=CNC=O.NC=O. The fourth-order valence-corrected chi connectivity index (χ4v) is 0.0481. The average Bonchev–Trinajstić information content (AvgIpc) is 1.71. The van der Waals surface area contributed by atoms with Gasteiger partial charge in [0.25, 0.3) is 0 Å². The van der Waals surface area contributed by atoms with E-state index < -0.39 is 0 Å². The van der Waals surface area contributed by atoms with Crippen LogP contribution in [0.5, 0.6) is 0 Å². The molecule has 0 saturated carbocycles. The van der Waals surface area contributed by atoms with Gasteiger partial charge in [0.15, 0.2) is 0 Å². The molecule has 0 aliphatic rings. The first-order chi connectivity index (χ1) is 3.83. The number of carbonyl (C=O) groups is 2. The summed E-state index contributed by atoms with van der Waals surface area (Å²) < 4.78 is 0. The number of nitrogens with two attached hydrogens (primary N) is 1. The van der Waals surface area contributed by atoms with Gasteiger partial charge in [0, 0.05) is 0 Å². The van der Waals surface area contributed by atoms with Gasteiger partial charge in [0.2, 0.25) is 12.8 Å². The van der Waals surface area contributed by atoms with Crippen LogP contribution in [-0.4, -0.2) is 12.8 Å². The summed E-state index contributed by atoms with van der Waals surface area (Å²) in [5, 5.41) is 2.19. The highest BCUT2D eigenvalue weighted by atomic mass is 16.1. The van der Waals surface area contributed by atoms with Crippen molar-refractivity contribution in [2.45, 2.75) is 0 Å². The Morgan fingerprint density at radius 3 is 1.88 bits per heavy atom. The molecule has 0 spiro atoms. The molecule has 2 amide bonds. The molecular weight excluding hydrogens is 108 g/mol. The number of nitrogens with one attached hydrogen (secondary N) is 1. The Bertz CT molecular complexity index is 66.4. The Labute approximate surface area is 47.4 Å². The molecule has 0 aromatic rings. The van der Waals surface area contributed by atoms with Gasteiger partial charge in [0.1, 0.15) is 0 Å². The van der Waals surface area contributed by atoms with Gasteiger partial charge in [0.05, 0.1) is 0 Å². The second-order valence-electron chi connectivity index (χ2n) is 0.625. The summed E-state index contributed by atoms with van der Waals surface area (Å²) in [5.41, 5.74) is 4.17. The van der Waals surface area contributed by atoms with E-state index in [0.717, 1.165) is 0 Å². The molecule has 0 aromatic carbocycles. The molecule has 0 radical (unpaired) electrons. The summed E-state index contributed by atoms with van der Waals surface area (Å²) >= 11 is 0. The monoisotopic (exact) mass is 116 g/mol. The second-order valence-corrected chi connectivity index (χ2v) is 0.625. The van der Waals surface area contributed by atoms with Gasteiger partial charge in [-0.3, -0.25) is 9.59 Å². The zero-order valence-corrected chi connectivity index (χ0v) is 4.33. The zero-order valence-electron chi connectivity index (χ0n) is 4.33. The van der Waals surface area contributed by atoms with E-state index in [-0.39, 0.29) is 6.41 Å². The topological polar surface area (TPSA) is 72.2 Å². The normalized spacial score (nSPS) is 5.00. The third-order valence-corrected chi connectivity index (χ3v) is 0.186. The lowest BCUT2D eigenvalue weighted by Crippen LogP contribution is -1.96. The number of hydrogen-bond donors (Lipinski definition) is 2. The summed E-state index contributed by atoms with van der Waals surface area (Å²) in [6.45, 7) is 3.21. The van der Waals surface area contributed by atoms with E-state index in [1.54, 1.807) is 0 Å². The molecular formula is C4H8N2O2. The van der Waals surface area contributed by atoms with Gasteiger partial charge < -0.3 is 11.1 Å². The molecule has 0 fully saturated rings. The van der Waals surface area contributed by atoms with Crippen molar-refractivity contribution in [3.63, 3.8) is 0 Å². The van der Waals surface area contributed by atoms with Crippen molar-refractivity contribution < 1.29 is 9.59 Å². The quantitative estimate of drug-likeness (QED) is 0.453. The van der Waals surface area contributed by atoms with Crippen LogP contribution in [0.3, 0.4) is 0 Å². The molecule has 0 heterocycles. The Balaban J connectivity index is 0. The molecule has 46 valence electrons. The predicted molar refractivity (Wildman–Crippen MR) is 29.6 cm³/mol. The highest BCUT2D eigenvalue weighted by Crippen LogP contribution is 1.35. The van der Waals surface area contributed by atoms with Crippen LogP contribution in [0.2, 0.25) is 0 Å². The van der Waals surface area contributed by atoms with E-state index in [1.165, 1.54) is 6.20 Å². The third-order valence-electron chi connectivity index (χ3n) is 0.186. The molecule has 4 heteroatoms. The van der Waals surface area contributed by atoms with E-state index >= 15 is 0 Å². The first kappa shape index (κ1) is 9.84. The first-order valence-electron chi connectivity index (χ1n) is 1.79. The van der Waals surface area contributed by atoms with Crippen LogP contribution in [0.25, 0.3) is 0 Å². The van der Waals surface area contributed by atoms with E-state index in [9.17, 15) is 4.79 Å². The molecule has 0 bridgehead atoms. The first-order valence-corrected chi connectivity index (χ1v) is 1.79. The van der Waals surface area contributed by atoms with E-state index in [0.29, 0.717) is 6.41 Å². The van der Waals surface area contributed by atoms with Gasteiger partial charge in [-0.2, -0.15) is 0 Å². The Hall–Kier alpha value is -1.32. The smallest absolute Gasteiger partial charge is 0.211 e. The Morgan fingerprint density at radius 1 is 1.50 bits per heavy atom. The number of rotatable bonds is 2. The minimum absolute atomic E-state index is 0.250. The van der Waals surface area contributed by atoms with Crippen molar-refractivity contribution in [2.24, 2.45) is 5.73 Å². The van der Waals surface area contributed by atoms with Crippen LogP contribution in [0.15, 0.2) is 12.8 Å². The molecule has 0 aliphatic heterocycles. The molecule has 0 aromatic heterocycles. The van der Waals surface area contributed by atoms with Crippen molar-refractivity contribution >= 4 is 12.8 Å². The fraction of sp³-hybridized carbons (Fsp3) is 0. The number of amides is 2. The summed E-state index contributed by atoms with van der Waals surface area (Å²) in [5.74, 6) is 0. The largest absolute Gasteiger partial charge is 0.372 e. The summed E-state index contributed by atoms with van der Waals surface area (Å²) in [6.07, 6.45) is 2.12. The van der Waals surface area contributed by atoms with Crippen molar-refractivity contribution in [3.05, 3.63) is 12.8 Å². The molecule has 0 rings (SSSR count). The van der Waals surface area contributed by atoms with Gasteiger partial charge in [-0.15, -0.1) is 0 Å². The highest BCUT2D eigenvalue weighted by molar-refractivity contribution is 5.47. The molecule has 0 unspecified atom stereocenters. The highest BCUT2D eigenvalue weighted by Gasteiger charge is 1.50. The van der Waals surface area contributed by atoms with Gasteiger partial charge >= 0.3 is 0 Å². The molecule has 0 aliphatic carbocycles. The lowest BCUT2D eigenvalue weighted by molar-refractivity contribution is -0.109. The van der Waals surface area contributed by atoms with Gasteiger partial charge in [-0.25, -0.2) is 0 Å². The maximum atomic E-state index is 9.22. The third kappa shape index (κ3) is 137. The molecule has 4 nitrogen and oxygen atoms in total. The zero-order chi connectivity index (χ0) is 6.83. The van der Waals surface area contributed by atoms with Crippen molar-refractivity contribution in [1.29, 1.82) is 0 Å². The minimum Gasteiger partial charge on any atom is -0.372 e. The summed E-state index contributed by atoms with van der Waals surface area (Å²) in [4.78, 5) is 17.8. The van der Waals surface area contributed by atoms with Crippen LogP contribution in [0.4, 0.5) is 0 Å². The molecule has 0 saturated heterocycles. The fourth-order valence-electron chi connectivity index (χ4n) is 0.0481. The van der Waals surface area contributed by atoms with Gasteiger partial charge in [-0.05, 0) is 6.20 Å². The van der Waals surface area contributed by atoms with E-state index in [4.69, 9.17) is 4.79 Å². The Kier molecular flexibility index (Phi) is 21.3. The lowest BCUT2D eigenvalue weighted by Gasteiger charge is -1.70. The molecule has 8 heavy (non-hydrogen) atoms. The van der Waals surface area contributed by atoms with Crippen molar-refractivity contribution in [3.8, 4) is 0 Å². The standard InChI is InChI=1S/C3H5NO.CH3NO/c1-2-4-3-5;2-1-3/h2-3H,1H2,(H,4,5);1H,(H2,2,3). The van der Waals surface area contributed by atoms with Crippen LogP contribution in [-0.2, 0) is 9.59 Å². The van der Waals surface area contributed by atoms with Crippen molar-refractivity contribution in [1.82, 2.24) is 5.32 Å². The van der Waals surface area contributed by atoms with Crippen LogP contribution in [0.1, 0.15) is 0 Å². The Morgan fingerprint density at radius 2 is 1.88 bits per heavy atom. The average molecular weight is 116 g/mol.